The van der Waals surface area contributed by atoms with Gasteiger partial charge in [0.15, 0.2) is 0 Å². The molecule has 0 saturated heterocycles. The van der Waals surface area contributed by atoms with Gasteiger partial charge in [0.2, 0.25) is 0 Å². The highest BCUT2D eigenvalue weighted by molar-refractivity contribution is 9.12. The zero-order chi connectivity index (χ0) is 10.6. The first-order valence-electron chi connectivity index (χ1n) is 4.21. The summed E-state index contributed by atoms with van der Waals surface area (Å²) in [5.41, 5.74) is 0.943. The zero-order valence-corrected chi connectivity index (χ0v) is 11.5. The maximum Gasteiger partial charge on any atom is 0.0810 e. The lowest BCUT2D eigenvalue weighted by atomic mass is 10.1. The van der Waals surface area contributed by atoms with Gasteiger partial charge in [0, 0.05) is 12.0 Å². The molecule has 0 radical (unpaired) electrons. The van der Waals surface area contributed by atoms with Gasteiger partial charge in [-0.1, -0.05) is 0 Å². The van der Waals surface area contributed by atoms with Crippen molar-refractivity contribution in [2.75, 3.05) is 0 Å². The fourth-order valence-corrected chi connectivity index (χ4v) is 4.09. The van der Waals surface area contributed by atoms with Gasteiger partial charge in [-0.3, -0.25) is 0 Å². The van der Waals surface area contributed by atoms with Crippen molar-refractivity contribution in [3.05, 3.63) is 19.2 Å². The van der Waals surface area contributed by atoms with E-state index in [0.29, 0.717) is 6.42 Å². The maximum atomic E-state index is 9.83. The van der Waals surface area contributed by atoms with E-state index in [-0.39, 0.29) is 0 Å². The summed E-state index contributed by atoms with van der Waals surface area (Å²) in [6, 6.07) is 1.94. The molecular weight excluding hydrogens is 328 g/mol. The Morgan fingerprint density at radius 3 is 2.79 bits per heavy atom. The molecule has 0 amide bonds. The molecule has 1 nitrogen and oxygen atoms in total. The van der Waals surface area contributed by atoms with E-state index in [1.807, 2.05) is 6.07 Å². The normalized spacial score (nSPS) is 12.4. The average Bonchev–Trinajstić information content (AvgIpc) is 2.45. The van der Waals surface area contributed by atoms with E-state index in [0.717, 1.165) is 26.0 Å². The smallest absolute Gasteiger partial charge is 0.0810 e. The SMILES string of the molecule is C#CCCCC(O)c1cc(Br)sc1Br. The van der Waals surface area contributed by atoms with Crippen LogP contribution in [0.3, 0.4) is 0 Å². The van der Waals surface area contributed by atoms with Crippen LogP contribution in [0, 0.1) is 12.3 Å². The number of hydrogen-bond donors (Lipinski definition) is 1. The van der Waals surface area contributed by atoms with Crippen molar-refractivity contribution in [2.24, 2.45) is 0 Å². The predicted octanol–water partition coefficient (Wildman–Crippen LogP) is 4.11. The van der Waals surface area contributed by atoms with Crippen molar-refractivity contribution in [1.29, 1.82) is 0 Å². The molecule has 1 atom stereocenters. The van der Waals surface area contributed by atoms with Crippen LogP contribution in [0.1, 0.15) is 30.9 Å². The van der Waals surface area contributed by atoms with Crippen LogP contribution in [0.4, 0.5) is 0 Å². The Balaban J connectivity index is 2.56. The summed E-state index contributed by atoms with van der Waals surface area (Å²) in [7, 11) is 0. The summed E-state index contributed by atoms with van der Waals surface area (Å²) >= 11 is 8.36. The van der Waals surface area contributed by atoms with Crippen LogP contribution >= 0.6 is 43.2 Å². The Morgan fingerprint density at radius 1 is 1.57 bits per heavy atom. The van der Waals surface area contributed by atoms with Crippen LogP contribution in [-0.4, -0.2) is 5.11 Å². The van der Waals surface area contributed by atoms with Gasteiger partial charge >= 0.3 is 0 Å². The molecule has 1 aromatic heterocycles. The number of aliphatic hydroxyl groups is 1. The number of halogens is 2. The standard InChI is InChI=1S/C10H10Br2OS/c1-2-3-4-5-8(13)7-6-9(11)14-10(7)12/h1,6,8,13H,3-5H2. The number of aliphatic hydroxyl groups excluding tert-OH is 1. The van der Waals surface area contributed by atoms with E-state index in [9.17, 15) is 5.11 Å². The molecule has 0 aromatic carbocycles. The van der Waals surface area contributed by atoms with E-state index in [4.69, 9.17) is 6.42 Å². The molecule has 14 heavy (non-hydrogen) atoms. The Hall–Kier alpha value is 0.180. The van der Waals surface area contributed by atoms with Crippen molar-refractivity contribution >= 4 is 43.2 Å². The minimum Gasteiger partial charge on any atom is -0.388 e. The predicted molar refractivity (Wildman–Crippen MR) is 67.4 cm³/mol. The first kappa shape index (κ1) is 12.3. The molecule has 0 aliphatic carbocycles. The topological polar surface area (TPSA) is 20.2 Å². The van der Waals surface area contributed by atoms with E-state index in [1.54, 1.807) is 11.3 Å². The van der Waals surface area contributed by atoms with Crippen molar-refractivity contribution in [3.8, 4) is 12.3 Å². The summed E-state index contributed by atoms with van der Waals surface area (Å²) < 4.78 is 2.01. The molecule has 0 aliphatic heterocycles. The zero-order valence-electron chi connectivity index (χ0n) is 7.46. The average molecular weight is 338 g/mol. The van der Waals surface area contributed by atoms with Crippen LogP contribution in [0.5, 0.6) is 0 Å². The first-order chi connectivity index (χ1) is 6.65. The number of rotatable bonds is 4. The van der Waals surface area contributed by atoms with E-state index < -0.39 is 6.10 Å². The maximum absolute atomic E-state index is 9.83. The monoisotopic (exact) mass is 336 g/mol. The Kier molecular flexibility index (Phi) is 5.18. The lowest BCUT2D eigenvalue weighted by Crippen LogP contribution is -1.95. The molecule has 1 heterocycles. The van der Waals surface area contributed by atoms with Crippen LogP contribution in [0.2, 0.25) is 0 Å². The molecule has 0 fully saturated rings. The van der Waals surface area contributed by atoms with E-state index in [2.05, 4.69) is 37.8 Å². The van der Waals surface area contributed by atoms with Gasteiger partial charge in [-0.25, -0.2) is 0 Å². The Labute approximate surface area is 105 Å². The third-order valence-corrected chi connectivity index (χ3v) is 4.23. The third kappa shape index (κ3) is 3.39. The number of terminal acetylenes is 1. The van der Waals surface area contributed by atoms with Crippen LogP contribution in [0.25, 0.3) is 0 Å². The van der Waals surface area contributed by atoms with Gasteiger partial charge in [0.1, 0.15) is 0 Å². The summed E-state index contributed by atoms with van der Waals surface area (Å²) in [5.74, 6) is 2.56. The summed E-state index contributed by atoms with van der Waals surface area (Å²) in [4.78, 5) is 0. The van der Waals surface area contributed by atoms with Crippen molar-refractivity contribution < 1.29 is 5.11 Å². The molecule has 0 saturated carbocycles. The quantitative estimate of drug-likeness (QED) is 0.647. The van der Waals surface area contributed by atoms with Crippen molar-refractivity contribution in [3.63, 3.8) is 0 Å². The highest BCUT2D eigenvalue weighted by Gasteiger charge is 2.13. The van der Waals surface area contributed by atoms with Crippen molar-refractivity contribution in [1.82, 2.24) is 0 Å². The Bertz CT molecular complexity index is 340. The lowest BCUT2D eigenvalue weighted by Gasteiger charge is -2.07. The van der Waals surface area contributed by atoms with Gasteiger partial charge in [-0.15, -0.1) is 23.7 Å². The van der Waals surface area contributed by atoms with Crippen LogP contribution in [0.15, 0.2) is 13.6 Å². The third-order valence-electron chi connectivity index (χ3n) is 1.84. The van der Waals surface area contributed by atoms with Crippen LogP contribution in [-0.2, 0) is 0 Å². The Morgan fingerprint density at radius 2 is 2.29 bits per heavy atom. The first-order valence-corrected chi connectivity index (χ1v) is 6.61. The van der Waals surface area contributed by atoms with E-state index in [1.165, 1.54) is 0 Å². The molecule has 1 rings (SSSR count). The molecule has 0 bridgehead atoms. The number of thiophene rings is 1. The fraction of sp³-hybridized carbons (Fsp3) is 0.400. The molecule has 0 aliphatic rings. The second-order valence-electron chi connectivity index (χ2n) is 2.89. The number of unbranched alkanes of at least 4 members (excludes halogenated alkanes) is 1. The van der Waals surface area contributed by atoms with Gasteiger partial charge in [0.05, 0.1) is 13.7 Å². The second kappa shape index (κ2) is 5.92. The van der Waals surface area contributed by atoms with Gasteiger partial charge < -0.3 is 5.11 Å². The molecular formula is C10H10Br2OS. The van der Waals surface area contributed by atoms with E-state index >= 15 is 0 Å². The highest BCUT2D eigenvalue weighted by atomic mass is 79.9. The molecule has 4 heteroatoms. The molecule has 1 N–H and O–H groups in total. The lowest BCUT2D eigenvalue weighted by molar-refractivity contribution is 0.165. The highest BCUT2D eigenvalue weighted by Crippen LogP contribution is 2.36. The fourth-order valence-electron chi connectivity index (χ4n) is 1.13. The van der Waals surface area contributed by atoms with Gasteiger partial charge in [-0.05, 0) is 50.8 Å². The minimum absolute atomic E-state index is 0.416. The van der Waals surface area contributed by atoms with Gasteiger partial charge in [-0.2, -0.15) is 0 Å². The summed E-state index contributed by atoms with van der Waals surface area (Å²) in [6.07, 6.45) is 7.02. The minimum atomic E-state index is -0.416. The second-order valence-corrected chi connectivity index (χ2v) is 6.64. The molecule has 1 unspecified atom stereocenters. The largest absolute Gasteiger partial charge is 0.388 e. The number of hydrogen-bond acceptors (Lipinski definition) is 2. The summed E-state index contributed by atoms with van der Waals surface area (Å²) in [5, 5.41) is 9.83. The molecule has 0 spiro atoms. The van der Waals surface area contributed by atoms with Crippen LogP contribution < -0.4 is 0 Å². The molecule has 1 aromatic rings. The summed E-state index contributed by atoms with van der Waals surface area (Å²) in [6.45, 7) is 0. The molecule has 76 valence electrons. The van der Waals surface area contributed by atoms with Gasteiger partial charge in [0.25, 0.3) is 0 Å². The van der Waals surface area contributed by atoms with Crippen molar-refractivity contribution in [2.45, 2.75) is 25.4 Å².